The fraction of sp³-hybridized carbons (Fsp3) is 0.625. The van der Waals surface area contributed by atoms with Gasteiger partial charge in [-0.25, -0.2) is 4.39 Å². The zero-order valence-corrected chi connectivity index (χ0v) is 12.2. The van der Waals surface area contributed by atoms with Gasteiger partial charge in [-0.15, -0.1) is 0 Å². The van der Waals surface area contributed by atoms with Crippen molar-refractivity contribution in [1.82, 2.24) is 10.2 Å². The highest BCUT2D eigenvalue weighted by Crippen LogP contribution is 2.16. The highest BCUT2D eigenvalue weighted by atomic mass is 19.1. The van der Waals surface area contributed by atoms with E-state index in [1.165, 1.54) is 12.0 Å². The summed E-state index contributed by atoms with van der Waals surface area (Å²) in [5, 5.41) is 3.62. The van der Waals surface area contributed by atoms with Crippen LogP contribution in [0.4, 0.5) is 4.39 Å². The van der Waals surface area contributed by atoms with Crippen molar-refractivity contribution in [2.24, 2.45) is 5.92 Å². The van der Waals surface area contributed by atoms with E-state index in [4.69, 9.17) is 0 Å². The smallest absolute Gasteiger partial charge is 0.123 e. The Bertz CT molecular complexity index is 417. The van der Waals surface area contributed by atoms with Crippen LogP contribution in [0.25, 0.3) is 0 Å². The molecule has 0 aromatic heterocycles. The van der Waals surface area contributed by atoms with Crippen LogP contribution >= 0.6 is 0 Å². The molecule has 2 rings (SSSR count). The molecular formula is C16H25FN2. The van der Waals surface area contributed by atoms with E-state index in [2.05, 4.69) is 24.1 Å². The molecular weight excluding hydrogens is 239 g/mol. The molecule has 0 saturated carbocycles. The predicted molar refractivity (Wildman–Crippen MR) is 77.7 cm³/mol. The van der Waals surface area contributed by atoms with Crippen LogP contribution in [0.1, 0.15) is 31.4 Å². The van der Waals surface area contributed by atoms with Crippen molar-refractivity contribution in [3.05, 3.63) is 35.1 Å². The first-order valence-electron chi connectivity index (χ1n) is 7.27. The second-order valence-electron chi connectivity index (χ2n) is 5.96. The third kappa shape index (κ3) is 4.02. The molecule has 1 saturated heterocycles. The summed E-state index contributed by atoms with van der Waals surface area (Å²) in [4.78, 5) is 2.49. The highest BCUT2D eigenvalue weighted by Gasteiger charge is 2.20. The Hall–Kier alpha value is -0.930. The Balaban J connectivity index is 2.04. The van der Waals surface area contributed by atoms with Gasteiger partial charge >= 0.3 is 0 Å². The Morgan fingerprint density at radius 2 is 2.21 bits per heavy atom. The van der Waals surface area contributed by atoms with Crippen molar-refractivity contribution >= 4 is 0 Å². The first-order valence-corrected chi connectivity index (χ1v) is 7.27. The number of rotatable bonds is 3. The number of benzene rings is 1. The van der Waals surface area contributed by atoms with Gasteiger partial charge in [0.05, 0.1) is 0 Å². The topological polar surface area (TPSA) is 15.3 Å². The summed E-state index contributed by atoms with van der Waals surface area (Å²) < 4.78 is 13.1. The van der Waals surface area contributed by atoms with Crippen LogP contribution in [-0.4, -0.2) is 30.6 Å². The van der Waals surface area contributed by atoms with E-state index >= 15 is 0 Å². The molecule has 0 bridgehead atoms. The van der Waals surface area contributed by atoms with Crippen LogP contribution in [0.3, 0.4) is 0 Å². The zero-order valence-electron chi connectivity index (χ0n) is 12.2. The molecule has 1 atom stereocenters. The van der Waals surface area contributed by atoms with Crippen LogP contribution in [0.2, 0.25) is 0 Å². The summed E-state index contributed by atoms with van der Waals surface area (Å²) in [5.74, 6) is 0.508. The van der Waals surface area contributed by atoms with Gasteiger partial charge in [-0.1, -0.05) is 19.9 Å². The molecule has 1 unspecified atom stereocenters. The highest BCUT2D eigenvalue weighted by molar-refractivity contribution is 5.26. The van der Waals surface area contributed by atoms with E-state index in [-0.39, 0.29) is 5.82 Å². The molecule has 1 aromatic carbocycles. The van der Waals surface area contributed by atoms with Gasteiger partial charge in [0, 0.05) is 19.1 Å². The molecule has 2 nitrogen and oxygen atoms in total. The number of nitrogens with one attached hydrogen (secondary N) is 1. The molecule has 1 N–H and O–H groups in total. The lowest BCUT2D eigenvalue weighted by Gasteiger charge is -2.27. The van der Waals surface area contributed by atoms with E-state index in [0.29, 0.717) is 12.0 Å². The summed E-state index contributed by atoms with van der Waals surface area (Å²) in [7, 11) is 0. The van der Waals surface area contributed by atoms with Gasteiger partial charge in [0.25, 0.3) is 0 Å². The molecule has 3 heteroatoms. The standard InChI is InChI=1S/C16H25FN2/c1-12(2)16-11-19(8-4-7-18-16)10-14-5-6-15(17)9-13(14)3/h5-6,9,12,16,18H,4,7-8,10-11H2,1-3H3. The lowest BCUT2D eigenvalue weighted by atomic mass is 10.0. The number of hydrogen-bond donors (Lipinski definition) is 1. The molecule has 1 aliphatic heterocycles. The second-order valence-corrected chi connectivity index (χ2v) is 5.96. The summed E-state index contributed by atoms with van der Waals surface area (Å²) in [6, 6.07) is 5.68. The lowest BCUT2D eigenvalue weighted by Crippen LogP contribution is -2.41. The van der Waals surface area contributed by atoms with E-state index in [0.717, 1.165) is 31.7 Å². The molecule has 1 fully saturated rings. The Kier molecular flexibility index (Phi) is 4.94. The molecule has 1 heterocycles. The fourth-order valence-corrected chi connectivity index (χ4v) is 2.69. The molecule has 106 valence electrons. The number of nitrogens with zero attached hydrogens (tertiary/aromatic N) is 1. The quantitative estimate of drug-likeness (QED) is 0.903. The van der Waals surface area contributed by atoms with Gasteiger partial charge in [0.15, 0.2) is 0 Å². The summed E-state index contributed by atoms with van der Waals surface area (Å²) in [5.41, 5.74) is 2.30. The Morgan fingerprint density at radius 1 is 1.42 bits per heavy atom. The van der Waals surface area contributed by atoms with E-state index < -0.39 is 0 Å². The third-order valence-electron chi connectivity index (χ3n) is 4.02. The van der Waals surface area contributed by atoms with Crippen LogP contribution < -0.4 is 5.32 Å². The van der Waals surface area contributed by atoms with Crippen molar-refractivity contribution in [1.29, 1.82) is 0 Å². The minimum absolute atomic E-state index is 0.140. The maximum atomic E-state index is 13.1. The van der Waals surface area contributed by atoms with Crippen molar-refractivity contribution in [3.63, 3.8) is 0 Å². The molecule has 19 heavy (non-hydrogen) atoms. The van der Waals surface area contributed by atoms with Gasteiger partial charge in [0.2, 0.25) is 0 Å². The van der Waals surface area contributed by atoms with Gasteiger partial charge in [0.1, 0.15) is 5.82 Å². The molecule has 0 spiro atoms. The summed E-state index contributed by atoms with van der Waals surface area (Å²) in [6.07, 6.45) is 1.18. The van der Waals surface area contributed by atoms with Gasteiger partial charge in [-0.2, -0.15) is 0 Å². The van der Waals surface area contributed by atoms with Crippen molar-refractivity contribution in [3.8, 4) is 0 Å². The van der Waals surface area contributed by atoms with Crippen molar-refractivity contribution in [2.45, 2.75) is 39.8 Å². The van der Waals surface area contributed by atoms with Crippen molar-refractivity contribution < 1.29 is 4.39 Å². The SMILES string of the molecule is Cc1cc(F)ccc1CN1CCCNC(C(C)C)C1. The van der Waals surface area contributed by atoms with Gasteiger partial charge < -0.3 is 5.32 Å². The van der Waals surface area contributed by atoms with Gasteiger partial charge in [-0.05, 0) is 55.6 Å². The minimum Gasteiger partial charge on any atom is -0.312 e. The van der Waals surface area contributed by atoms with E-state index in [1.807, 2.05) is 13.0 Å². The monoisotopic (exact) mass is 264 g/mol. The molecule has 1 aliphatic rings. The first kappa shape index (κ1) is 14.5. The largest absolute Gasteiger partial charge is 0.312 e. The fourth-order valence-electron chi connectivity index (χ4n) is 2.69. The normalized spacial score (nSPS) is 21.6. The van der Waals surface area contributed by atoms with E-state index in [1.54, 1.807) is 12.1 Å². The Morgan fingerprint density at radius 3 is 2.89 bits per heavy atom. The molecule has 0 amide bonds. The summed E-state index contributed by atoms with van der Waals surface area (Å²) >= 11 is 0. The molecule has 1 aromatic rings. The van der Waals surface area contributed by atoms with Crippen LogP contribution in [0, 0.1) is 18.7 Å². The lowest BCUT2D eigenvalue weighted by molar-refractivity contribution is 0.238. The second kappa shape index (κ2) is 6.49. The predicted octanol–water partition coefficient (Wildman–Crippen LogP) is 2.95. The van der Waals surface area contributed by atoms with Crippen molar-refractivity contribution in [2.75, 3.05) is 19.6 Å². The average Bonchev–Trinajstić information content (AvgIpc) is 2.58. The number of hydrogen-bond acceptors (Lipinski definition) is 2. The number of aryl methyl sites for hydroxylation is 1. The zero-order chi connectivity index (χ0) is 13.8. The minimum atomic E-state index is -0.140. The average molecular weight is 264 g/mol. The number of halogens is 1. The third-order valence-corrected chi connectivity index (χ3v) is 4.02. The molecule has 0 radical (unpaired) electrons. The maximum absolute atomic E-state index is 13.1. The molecule has 0 aliphatic carbocycles. The van der Waals surface area contributed by atoms with Crippen LogP contribution in [0.5, 0.6) is 0 Å². The van der Waals surface area contributed by atoms with Crippen LogP contribution in [0.15, 0.2) is 18.2 Å². The van der Waals surface area contributed by atoms with Crippen LogP contribution in [-0.2, 0) is 6.54 Å². The first-order chi connectivity index (χ1) is 9.06. The maximum Gasteiger partial charge on any atom is 0.123 e. The van der Waals surface area contributed by atoms with E-state index in [9.17, 15) is 4.39 Å². The summed E-state index contributed by atoms with van der Waals surface area (Å²) in [6.45, 7) is 10.8. The van der Waals surface area contributed by atoms with Gasteiger partial charge in [-0.3, -0.25) is 4.90 Å². The Labute approximate surface area is 116 Å².